The molecule has 0 aromatic rings. The molecule has 0 fully saturated rings. The van der Waals surface area contributed by atoms with Gasteiger partial charge in [0.25, 0.3) is 0 Å². The van der Waals surface area contributed by atoms with Gasteiger partial charge in [-0.3, -0.25) is 11.7 Å². The first-order chi connectivity index (χ1) is 18.3. The maximum absolute atomic E-state index is 5.80. The van der Waals surface area contributed by atoms with Crippen molar-refractivity contribution in [1.29, 1.82) is 0 Å². The van der Waals surface area contributed by atoms with Crippen molar-refractivity contribution in [3.8, 4) is 0 Å². The predicted molar refractivity (Wildman–Crippen MR) is 152 cm³/mol. The summed E-state index contributed by atoms with van der Waals surface area (Å²) in [4.78, 5) is 2.13. The van der Waals surface area contributed by atoms with Crippen molar-refractivity contribution in [3.63, 3.8) is 0 Å². The molecule has 0 saturated carbocycles. The Morgan fingerprint density at radius 3 is 1.67 bits per heavy atom. The van der Waals surface area contributed by atoms with E-state index in [2.05, 4.69) is 65.7 Å². The number of rotatable bonds is 20. The first-order valence-electron chi connectivity index (χ1n) is 12.3. The highest BCUT2D eigenvalue weighted by atomic mass is 16.2. The zero-order valence-electron chi connectivity index (χ0n) is 24.4. The Kier molecular flexibility index (Phi) is 27.9. The molecule has 0 aliphatic heterocycles. The number of unbranched alkanes of at least 4 members (excludes halogenated alkanes) is 1. The van der Waals surface area contributed by atoms with Crippen LogP contribution >= 0.6 is 0 Å². The Bertz CT molecular complexity index is 538. The minimum atomic E-state index is -1.21. The Morgan fingerprint density at radius 2 is 1.36 bits per heavy atom. The number of nitrogens with one attached hydrogen (secondary N) is 6. The Labute approximate surface area is 232 Å². The highest BCUT2D eigenvalue weighted by molar-refractivity contribution is 4.94. The number of hydrogen-bond donors (Lipinski definition) is 16. The summed E-state index contributed by atoms with van der Waals surface area (Å²) in [7, 11) is 4.11. The fraction of sp³-hybridized carbons (Fsp3) is 0.875. The lowest BCUT2D eigenvalue weighted by molar-refractivity contribution is -0.326. The molecule has 23 heteroatoms. The number of hydrogen-bond acceptors (Lipinski definition) is 23. The zero-order chi connectivity index (χ0) is 31.1. The third-order valence-electron chi connectivity index (χ3n) is 4.09. The van der Waals surface area contributed by atoms with Crippen LogP contribution in [0.4, 0.5) is 0 Å². The van der Waals surface area contributed by atoms with Gasteiger partial charge in [0.15, 0.2) is 0 Å². The summed E-state index contributed by atoms with van der Waals surface area (Å²) in [6, 6.07) is 0. The molecule has 0 unspecified atom stereocenters. The van der Waals surface area contributed by atoms with Gasteiger partial charge in [0.2, 0.25) is 0 Å². The standard InChI is InChI=1S/C7H38N22.C7H15N.C2H6/c1-2-3-4-24(22-26(6(10)11)27(7(12)13)28(16)17)29(21-19-15)23-25(5(8)9)20-18-14;1-5-7(2)6-8(3)4;1-2/h5-7,18-23H,2-4,8-17H2,1H3;2,5-6H2,1,3-4H3;1-2H3. The molecule has 26 N–H and O–H groups in total. The normalized spacial score (nSPS) is 12.1. The van der Waals surface area contributed by atoms with E-state index in [0.717, 1.165) is 34.7 Å². The van der Waals surface area contributed by atoms with Crippen LogP contribution in [0.25, 0.3) is 0 Å². The molecule has 0 bridgehead atoms. The second-order valence-electron chi connectivity index (χ2n) is 7.73. The van der Waals surface area contributed by atoms with Gasteiger partial charge in [-0.1, -0.05) is 61.8 Å². The van der Waals surface area contributed by atoms with Crippen molar-refractivity contribution in [2.45, 2.75) is 65.8 Å². The third-order valence-corrected chi connectivity index (χ3v) is 4.09. The summed E-state index contributed by atoms with van der Waals surface area (Å²) < 4.78 is 0. The average Bonchev–Trinajstić information content (AvgIpc) is 2.85. The van der Waals surface area contributed by atoms with Crippen molar-refractivity contribution in [3.05, 3.63) is 12.2 Å². The number of likely N-dealkylation sites (N-methyl/N-ethyl adjacent to an activating group) is 1. The summed E-state index contributed by atoms with van der Waals surface area (Å²) >= 11 is 0. The minimum absolute atomic E-state index is 0.341. The SMILES string of the molecule is C=C(CC)CN(C)C.CC.CCCCN(NN(C(N)N)N(C(N)N)N(N)N)N(NNN)NN(NNN)C(N)N. The highest BCUT2D eigenvalue weighted by Gasteiger charge is 2.30. The lowest BCUT2D eigenvalue weighted by atomic mass is 10.2. The molecule has 0 heterocycles. The lowest BCUT2D eigenvalue weighted by Gasteiger charge is -2.45. The number of hydrazine groups is 15. The molecular weight excluding hydrogens is 514 g/mol. The molecule has 0 atom stereocenters. The fourth-order valence-electron chi connectivity index (χ4n) is 2.38. The van der Waals surface area contributed by atoms with Crippen LogP contribution in [0.5, 0.6) is 0 Å². The van der Waals surface area contributed by atoms with Gasteiger partial charge in [-0.15, -0.1) is 26.4 Å². The van der Waals surface area contributed by atoms with E-state index in [9.17, 15) is 0 Å². The molecule has 0 aromatic heterocycles. The van der Waals surface area contributed by atoms with Crippen molar-refractivity contribution in [2.75, 3.05) is 27.2 Å². The molecule has 0 aliphatic carbocycles. The van der Waals surface area contributed by atoms with E-state index in [1.54, 1.807) is 0 Å². The van der Waals surface area contributed by atoms with E-state index in [1.165, 1.54) is 15.9 Å². The lowest BCUT2D eigenvalue weighted by Crippen LogP contribution is -2.81. The van der Waals surface area contributed by atoms with Crippen molar-refractivity contribution < 1.29 is 0 Å². The largest absolute Gasteiger partial charge is 0.305 e. The number of nitrogens with two attached hydrogens (primary N) is 10. The van der Waals surface area contributed by atoms with Gasteiger partial charge in [0, 0.05) is 13.1 Å². The van der Waals surface area contributed by atoms with E-state index in [4.69, 9.17) is 57.8 Å². The van der Waals surface area contributed by atoms with Crippen molar-refractivity contribution in [1.82, 2.24) is 69.0 Å². The zero-order valence-corrected chi connectivity index (χ0v) is 24.4. The van der Waals surface area contributed by atoms with Gasteiger partial charge in [-0.25, -0.2) is 11.7 Å². The smallest absolute Gasteiger partial charge is 0.141 e. The minimum Gasteiger partial charge on any atom is -0.305 e. The summed E-state index contributed by atoms with van der Waals surface area (Å²) in [6.45, 7) is 13.3. The van der Waals surface area contributed by atoms with Gasteiger partial charge in [0.1, 0.15) is 18.9 Å². The highest BCUT2D eigenvalue weighted by Crippen LogP contribution is 2.01. The molecule has 0 amide bonds. The molecular formula is C16H59N23. The Balaban J connectivity index is -0.00000110. The van der Waals surface area contributed by atoms with Crippen molar-refractivity contribution in [2.24, 2.45) is 57.8 Å². The first kappa shape index (κ1) is 42.3. The van der Waals surface area contributed by atoms with Crippen molar-refractivity contribution >= 4 is 0 Å². The molecule has 0 radical (unpaired) electrons. The molecule has 238 valence electrons. The maximum atomic E-state index is 5.80. The molecule has 0 spiro atoms. The van der Waals surface area contributed by atoms with Crippen LogP contribution in [0.2, 0.25) is 0 Å². The van der Waals surface area contributed by atoms with E-state index in [0.29, 0.717) is 18.2 Å². The monoisotopic (exact) mass is 574 g/mol. The second-order valence-corrected chi connectivity index (χ2v) is 7.73. The summed E-state index contributed by atoms with van der Waals surface area (Å²) in [5, 5.41) is 6.22. The number of nitrogens with zero attached hydrogens (tertiary/aromatic N) is 7. The van der Waals surface area contributed by atoms with Crippen LogP contribution < -0.4 is 91.0 Å². The van der Waals surface area contributed by atoms with Crippen LogP contribution in [0, 0.1) is 0 Å². The van der Waals surface area contributed by atoms with Crippen LogP contribution in [0.1, 0.15) is 47.0 Å². The Morgan fingerprint density at radius 1 is 0.821 bits per heavy atom. The van der Waals surface area contributed by atoms with E-state index in [-0.39, 0.29) is 0 Å². The topological polar surface area (TPSA) is 355 Å². The summed E-state index contributed by atoms with van der Waals surface area (Å²) in [5.74, 6) is 21.7. The maximum Gasteiger partial charge on any atom is 0.141 e. The van der Waals surface area contributed by atoms with Gasteiger partial charge < -0.3 is 39.3 Å². The molecule has 0 saturated heterocycles. The Hall–Kier alpha value is -1.18. The molecule has 0 aliphatic rings. The summed E-state index contributed by atoms with van der Waals surface area (Å²) in [6.07, 6.45) is -0.873. The molecule has 0 rings (SSSR count). The van der Waals surface area contributed by atoms with Crippen LogP contribution in [0.15, 0.2) is 12.2 Å². The van der Waals surface area contributed by atoms with Gasteiger partial charge >= 0.3 is 0 Å². The van der Waals surface area contributed by atoms with Crippen LogP contribution in [-0.2, 0) is 0 Å². The van der Waals surface area contributed by atoms with E-state index in [1.807, 2.05) is 20.8 Å². The van der Waals surface area contributed by atoms with E-state index >= 15 is 0 Å². The second kappa shape index (κ2) is 25.8. The van der Waals surface area contributed by atoms with Crippen LogP contribution in [0.3, 0.4) is 0 Å². The molecule has 39 heavy (non-hydrogen) atoms. The molecule has 0 aromatic carbocycles. The van der Waals surface area contributed by atoms with Gasteiger partial charge in [-0.05, 0) is 26.9 Å². The van der Waals surface area contributed by atoms with E-state index < -0.39 is 18.9 Å². The quantitative estimate of drug-likeness (QED) is 0.0278. The fourth-order valence-corrected chi connectivity index (χ4v) is 2.38. The summed E-state index contributed by atoms with van der Waals surface area (Å²) in [5.41, 5.74) is 50.5. The first-order valence-corrected chi connectivity index (χ1v) is 12.3. The predicted octanol–water partition coefficient (Wildman–Crippen LogP) is -7.16. The average molecular weight is 574 g/mol. The van der Waals surface area contributed by atoms with Crippen LogP contribution in [-0.4, -0.2) is 81.9 Å². The van der Waals surface area contributed by atoms with Gasteiger partial charge in [0.05, 0.1) is 0 Å². The third kappa shape index (κ3) is 20.4. The molecule has 23 nitrogen and oxygen atoms in total. The van der Waals surface area contributed by atoms with Gasteiger partial charge in [-0.2, -0.15) is 22.1 Å².